The van der Waals surface area contributed by atoms with E-state index in [4.69, 9.17) is 5.73 Å². The van der Waals surface area contributed by atoms with E-state index >= 15 is 0 Å². The summed E-state index contributed by atoms with van der Waals surface area (Å²) in [6.45, 7) is -2.46. The predicted molar refractivity (Wildman–Crippen MR) is 61.6 cm³/mol. The fourth-order valence-electron chi connectivity index (χ4n) is 1.63. The molecule has 3 N–H and O–H groups in total. The van der Waals surface area contributed by atoms with Crippen molar-refractivity contribution in [3.8, 4) is 5.75 Å². The van der Waals surface area contributed by atoms with E-state index < -0.39 is 6.61 Å². The molecule has 1 aromatic rings. The number of benzene rings is 1. The number of hydrogen-bond acceptors (Lipinski definition) is 3. The number of amides is 1. The Morgan fingerprint density at radius 1 is 1.39 bits per heavy atom. The second-order valence-electron chi connectivity index (χ2n) is 4.34. The van der Waals surface area contributed by atoms with Crippen LogP contribution in [-0.2, 0) is 0 Å². The molecule has 1 aromatic carbocycles. The Bertz CT molecular complexity index is 430. The second-order valence-corrected chi connectivity index (χ2v) is 4.34. The van der Waals surface area contributed by atoms with E-state index in [2.05, 4.69) is 10.1 Å². The van der Waals surface area contributed by atoms with Gasteiger partial charge in [0.2, 0.25) is 0 Å². The van der Waals surface area contributed by atoms with E-state index in [0.717, 1.165) is 12.8 Å². The van der Waals surface area contributed by atoms with Crippen LogP contribution in [-0.4, -0.2) is 24.6 Å². The van der Waals surface area contributed by atoms with E-state index in [9.17, 15) is 13.6 Å². The standard InChI is InChI=1S/C12H14F2N2O2/c13-11(14)18-9-3-1-8(2-4-9)10(17)16-12(7-15)5-6-12/h1-4,11H,5-7,15H2,(H,16,17). The maximum atomic E-state index is 11.9. The van der Waals surface area contributed by atoms with Gasteiger partial charge in [0.1, 0.15) is 5.75 Å². The highest BCUT2D eigenvalue weighted by Crippen LogP contribution is 2.34. The lowest BCUT2D eigenvalue weighted by Gasteiger charge is -2.14. The van der Waals surface area contributed by atoms with E-state index in [1.165, 1.54) is 24.3 Å². The fraction of sp³-hybridized carbons (Fsp3) is 0.417. The predicted octanol–water partition coefficient (Wildman–Crippen LogP) is 1.51. The first-order chi connectivity index (χ1) is 8.54. The van der Waals surface area contributed by atoms with Gasteiger partial charge in [0, 0.05) is 12.1 Å². The van der Waals surface area contributed by atoms with Gasteiger partial charge in [-0.15, -0.1) is 0 Å². The summed E-state index contributed by atoms with van der Waals surface area (Å²) in [4.78, 5) is 11.8. The summed E-state index contributed by atoms with van der Waals surface area (Å²) in [5.74, 6) is -0.219. The van der Waals surface area contributed by atoms with Crippen LogP contribution in [0.3, 0.4) is 0 Å². The zero-order valence-corrected chi connectivity index (χ0v) is 9.66. The van der Waals surface area contributed by atoms with Crippen molar-refractivity contribution in [3.63, 3.8) is 0 Å². The normalized spacial score (nSPS) is 16.4. The molecule has 1 aliphatic rings. The summed E-state index contributed by atoms with van der Waals surface area (Å²) in [7, 11) is 0. The van der Waals surface area contributed by atoms with E-state index in [0.29, 0.717) is 12.1 Å². The summed E-state index contributed by atoms with van der Waals surface area (Å²) in [5, 5.41) is 2.84. The highest BCUT2D eigenvalue weighted by Gasteiger charge is 2.42. The molecule has 0 radical (unpaired) electrons. The highest BCUT2D eigenvalue weighted by molar-refractivity contribution is 5.95. The van der Waals surface area contributed by atoms with Crippen molar-refractivity contribution in [1.29, 1.82) is 0 Å². The molecule has 1 amide bonds. The molecular formula is C12H14F2N2O2. The number of halogens is 2. The van der Waals surface area contributed by atoms with Crippen LogP contribution in [0.5, 0.6) is 5.75 Å². The molecular weight excluding hydrogens is 242 g/mol. The third-order valence-corrected chi connectivity index (χ3v) is 2.96. The van der Waals surface area contributed by atoms with E-state index in [1.54, 1.807) is 0 Å². The summed E-state index contributed by atoms with van der Waals surface area (Å²) in [6, 6.07) is 5.56. The number of nitrogens with one attached hydrogen (secondary N) is 1. The summed E-state index contributed by atoms with van der Waals surface area (Å²) < 4.78 is 28.1. The minimum Gasteiger partial charge on any atom is -0.435 e. The Labute approximate surface area is 103 Å². The molecule has 0 aliphatic heterocycles. The average Bonchev–Trinajstić information content (AvgIpc) is 3.09. The Morgan fingerprint density at radius 3 is 2.44 bits per heavy atom. The van der Waals surface area contributed by atoms with Crippen LogP contribution in [0.1, 0.15) is 23.2 Å². The van der Waals surface area contributed by atoms with Gasteiger partial charge in [-0.25, -0.2) is 0 Å². The van der Waals surface area contributed by atoms with Gasteiger partial charge in [-0.1, -0.05) is 0 Å². The van der Waals surface area contributed by atoms with Crippen LogP contribution in [0.25, 0.3) is 0 Å². The molecule has 98 valence electrons. The molecule has 1 aliphatic carbocycles. The molecule has 1 fully saturated rings. The van der Waals surface area contributed by atoms with Crippen molar-refractivity contribution in [3.05, 3.63) is 29.8 Å². The van der Waals surface area contributed by atoms with Gasteiger partial charge in [-0.05, 0) is 37.1 Å². The summed E-state index contributed by atoms with van der Waals surface area (Å²) >= 11 is 0. The largest absolute Gasteiger partial charge is 0.435 e. The SMILES string of the molecule is NCC1(NC(=O)c2ccc(OC(F)F)cc2)CC1. The number of ether oxygens (including phenoxy) is 1. The van der Waals surface area contributed by atoms with Crippen LogP contribution in [0, 0.1) is 0 Å². The van der Waals surface area contributed by atoms with Crippen molar-refractivity contribution >= 4 is 5.91 Å². The van der Waals surface area contributed by atoms with Crippen LogP contribution >= 0.6 is 0 Å². The molecule has 4 nitrogen and oxygen atoms in total. The molecule has 2 rings (SSSR count). The van der Waals surface area contributed by atoms with Gasteiger partial charge in [-0.2, -0.15) is 8.78 Å². The Balaban J connectivity index is 1.98. The van der Waals surface area contributed by atoms with Crippen molar-refractivity contribution in [1.82, 2.24) is 5.32 Å². The Hall–Kier alpha value is -1.69. The quantitative estimate of drug-likeness (QED) is 0.839. The first-order valence-corrected chi connectivity index (χ1v) is 5.62. The number of hydrogen-bond donors (Lipinski definition) is 2. The molecule has 0 atom stereocenters. The highest BCUT2D eigenvalue weighted by atomic mass is 19.3. The van der Waals surface area contributed by atoms with Crippen LogP contribution < -0.4 is 15.8 Å². The lowest BCUT2D eigenvalue weighted by molar-refractivity contribution is -0.0498. The molecule has 0 unspecified atom stereocenters. The van der Waals surface area contributed by atoms with Crippen molar-refractivity contribution in [2.45, 2.75) is 25.0 Å². The number of rotatable bonds is 5. The van der Waals surface area contributed by atoms with Gasteiger partial charge in [0.25, 0.3) is 5.91 Å². The molecule has 0 aromatic heterocycles. The molecule has 0 heterocycles. The third kappa shape index (κ3) is 2.95. The van der Waals surface area contributed by atoms with Crippen molar-refractivity contribution < 1.29 is 18.3 Å². The van der Waals surface area contributed by atoms with Gasteiger partial charge >= 0.3 is 6.61 Å². The lowest BCUT2D eigenvalue weighted by atomic mass is 10.2. The van der Waals surface area contributed by atoms with Gasteiger partial charge in [0.05, 0.1) is 5.54 Å². The summed E-state index contributed by atoms with van der Waals surface area (Å²) in [6.07, 6.45) is 1.75. The zero-order chi connectivity index (χ0) is 13.2. The van der Waals surface area contributed by atoms with Gasteiger partial charge in [0.15, 0.2) is 0 Å². The summed E-state index contributed by atoms with van der Waals surface area (Å²) in [5.41, 5.74) is 5.69. The molecule has 18 heavy (non-hydrogen) atoms. The fourth-order valence-corrected chi connectivity index (χ4v) is 1.63. The van der Waals surface area contributed by atoms with Gasteiger partial charge in [-0.3, -0.25) is 4.79 Å². The lowest BCUT2D eigenvalue weighted by Crippen LogP contribution is -2.42. The van der Waals surface area contributed by atoms with Crippen LogP contribution in [0.4, 0.5) is 8.78 Å². The smallest absolute Gasteiger partial charge is 0.387 e. The molecule has 0 bridgehead atoms. The first kappa shape index (κ1) is 12.8. The maximum absolute atomic E-state index is 11.9. The number of carbonyl (C=O) groups is 1. The monoisotopic (exact) mass is 256 g/mol. The Kier molecular flexibility index (Phi) is 3.47. The molecule has 0 saturated heterocycles. The van der Waals surface area contributed by atoms with E-state index in [1.807, 2.05) is 0 Å². The first-order valence-electron chi connectivity index (χ1n) is 5.62. The van der Waals surface area contributed by atoms with E-state index in [-0.39, 0.29) is 17.2 Å². The Morgan fingerprint density at radius 2 is 2.00 bits per heavy atom. The topological polar surface area (TPSA) is 64.3 Å². The van der Waals surface area contributed by atoms with Crippen molar-refractivity contribution in [2.24, 2.45) is 5.73 Å². The number of nitrogens with two attached hydrogens (primary N) is 1. The van der Waals surface area contributed by atoms with Crippen molar-refractivity contribution in [2.75, 3.05) is 6.54 Å². The second kappa shape index (κ2) is 4.89. The third-order valence-electron chi connectivity index (χ3n) is 2.96. The van der Waals surface area contributed by atoms with Crippen LogP contribution in [0.15, 0.2) is 24.3 Å². The maximum Gasteiger partial charge on any atom is 0.387 e. The minimum atomic E-state index is -2.86. The number of alkyl halides is 2. The molecule has 6 heteroatoms. The average molecular weight is 256 g/mol. The van der Waals surface area contributed by atoms with Gasteiger partial charge < -0.3 is 15.8 Å². The number of carbonyl (C=O) groups excluding carboxylic acids is 1. The molecule has 0 spiro atoms. The molecule has 1 saturated carbocycles. The zero-order valence-electron chi connectivity index (χ0n) is 9.66. The van der Waals surface area contributed by atoms with Crippen LogP contribution in [0.2, 0.25) is 0 Å². The minimum absolute atomic E-state index is 0.0292.